The van der Waals surface area contributed by atoms with Crippen molar-refractivity contribution in [1.29, 1.82) is 0 Å². The van der Waals surface area contributed by atoms with E-state index in [0.717, 1.165) is 31.6 Å². The molecule has 0 radical (unpaired) electrons. The summed E-state index contributed by atoms with van der Waals surface area (Å²) >= 11 is 0. The van der Waals surface area contributed by atoms with Gasteiger partial charge in [-0.15, -0.1) is 0 Å². The van der Waals surface area contributed by atoms with Crippen molar-refractivity contribution in [2.24, 2.45) is 5.92 Å². The maximum atomic E-state index is 12.7. The number of ether oxygens (including phenoxy) is 2. The lowest BCUT2D eigenvalue weighted by Crippen LogP contribution is -2.47. The minimum Gasteiger partial charge on any atom is -0.461 e. The second-order valence-corrected chi connectivity index (χ2v) is 8.18. The fourth-order valence-electron chi connectivity index (χ4n) is 4.02. The van der Waals surface area contributed by atoms with Gasteiger partial charge in [-0.2, -0.15) is 0 Å². The van der Waals surface area contributed by atoms with Crippen LogP contribution >= 0.6 is 0 Å². The number of amides is 1. The van der Waals surface area contributed by atoms with Crippen molar-refractivity contribution in [2.45, 2.75) is 45.3 Å². The minimum atomic E-state index is -0.466. The summed E-state index contributed by atoms with van der Waals surface area (Å²) in [6.45, 7) is 8.67. The van der Waals surface area contributed by atoms with Crippen molar-refractivity contribution < 1.29 is 19.1 Å². The number of likely N-dealkylation sites (tertiary alicyclic amines) is 1. The van der Waals surface area contributed by atoms with Crippen LogP contribution in [0.5, 0.6) is 0 Å². The number of esters is 1. The molecular formula is C22H32N2O4. The first-order valence-electron chi connectivity index (χ1n) is 10.4. The molecule has 6 nitrogen and oxygen atoms in total. The second kappa shape index (κ2) is 10.0. The maximum absolute atomic E-state index is 12.7. The molecule has 28 heavy (non-hydrogen) atoms. The van der Waals surface area contributed by atoms with Crippen molar-refractivity contribution in [2.75, 3.05) is 39.4 Å². The lowest BCUT2D eigenvalue weighted by Gasteiger charge is -2.33. The van der Waals surface area contributed by atoms with Gasteiger partial charge >= 0.3 is 5.97 Å². The van der Waals surface area contributed by atoms with Gasteiger partial charge in [-0.05, 0) is 24.3 Å². The number of rotatable bonds is 7. The molecule has 0 N–H and O–H groups in total. The summed E-state index contributed by atoms with van der Waals surface area (Å²) in [5.41, 5.74) is 0.965. The highest BCUT2D eigenvalue weighted by Gasteiger charge is 2.35. The Morgan fingerprint density at radius 3 is 2.75 bits per heavy atom. The van der Waals surface area contributed by atoms with E-state index in [1.807, 2.05) is 30.3 Å². The molecule has 2 unspecified atom stereocenters. The number of nitrogens with zero attached hydrogens (tertiary/aromatic N) is 2. The summed E-state index contributed by atoms with van der Waals surface area (Å²) in [5, 5.41) is 0. The molecule has 154 valence electrons. The molecular weight excluding hydrogens is 356 g/mol. The summed E-state index contributed by atoms with van der Waals surface area (Å²) in [5.74, 6) is 0.287. The molecule has 1 amide bonds. The topological polar surface area (TPSA) is 59.1 Å². The summed E-state index contributed by atoms with van der Waals surface area (Å²) in [4.78, 5) is 29.3. The molecule has 1 aromatic rings. The van der Waals surface area contributed by atoms with Gasteiger partial charge in [-0.1, -0.05) is 44.2 Å². The zero-order valence-corrected chi connectivity index (χ0v) is 17.0. The van der Waals surface area contributed by atoms with Crippen LogP contribution in [0.1, 0.15) is 32.3 Å². The van der Waals surface area contributed by atoms with Crippen LogP contribution in [0.4, 0.5) is 0 Å². The predicted molar refractivity (Wildman–Crippen MR) is 107 cm³/mol. The molecule has 2 aliphatic rings. The number of hydrogen-bond acceptors (Lipinski definition) is 5. The van der Waals surface area contributed by atoms with E-state index in [2.05, 4.69) is 18.7 Å². The molecule has 2 atom stereocenters. The average molecular weight is 389 g/mol. The van der Waals surface area contributed by atoms with E-state index in [-0.39, 0.29) is 24.6 Å². The van der Waals surface area contributed by atoms with E-state index in [1.165, 1.54) is 0 Å². The van der Waals surface area contributed by atoms with Crippen molar-refractivity contribution >= 4 is 11.9 Å². The second-order valence-electron chi connectivity index (χ2n) is 8.18. The van der Waals surface area contributed by atoms with Gasteiger partial charge in [0.1, 0.15) is 18.8 Å². The highest BCUT2D eigenvalue weighted by atomic mass is 16.6. The Labute approximate surface area is 167 Å². The number of benzene rings is 1. The van der Waals surface area contributed by atoms with Gasteiger partial charge in [0.15, 0.2) is 0 Å². The van der Waals surface area contributed by atoms with Gasteiger partial charge in [0.25, 0.3) is 0 Å². The van der Waals surface area contributed by atoms with E-state index < -0.39 is 6.04 Å². The maximum Gasteiger partial charge on any atom is 0.328 e. The third kappa shape index (κ3) is 5.79. The molecule has 2 saturated heterocycles. The van der Waals surface area contributed by atoms with Crippen molar-refractivity contribution in [1.82, 2.24) is 9.80 Å². The Morgan fingerprint density at radius 2 is 2.00 bits per heavy atom. The summed E-state index contributed by atoms with van der Waals surface area (Å²) in [7, 11) is 0. The Hall–Kier alpha value is -1.92. The number of carbonyl (C=O) groups is 2. The van der Waals surface area contributed by atoms with Gasteiger partial charge in [-0.3, -0.25) is 9.69 Å². The molecule has 1 aromatic carbocycles. The van der Waals surface area contributed by atoms with E-state index in [4.69, 9.17) is 9.47 Å². The lowest BCUT2D eigenvalue weighted by molar-refractivity contribution is -0.158. The Bertz CT molecular complexity index is 649. The fraction of sp³-hybridized carbons (Fsp3) is 0.636. The first-order chi connectivity index (χ1) is 13.5. The molecule has 6 heteroatoms. The molecule has 0 aromatic heterocycles. The van der Waals surface area contributed by atoms with Gasteiger partial charge in [-0.25, -0.2) is 4.79 Å². The highest BCUT2D eigenvalue weighted by molar-refractivity contribution is 5.86. The Morgan fingerprint density at radius 1 is 1.21 bits per heavy atom. The standard InChI is InChI=1S/C22H32N2O4/c1-17(2)14-23-11-12-27-19(15-23)16-28-22(26)20-9-6-10-24(20)21(25)13-18-7-4-3-5-8-18/h3-5,7-8,17,19-20H,6,9-16H2,1-2H3. The summed E-state index contributed by atoms with van der Waals surface area (Å²) < 4.78 is 11.3. The van der Waals surface area contributed by atoms with Crippen molar-refractivity contribution in [3.63, 3.8) is 0 Å². The van der Waals surface area contributed by atoms with Crippen LogP contribution < -0.4 is 0 Å². The monoisotopic (exact) mass is 388 g/mol. The molecule has 0 bridgehead atoms. The highest BCUT2D eigenvalue weighted by Crippen LogP contribution is 2.20. The van der Waals surface area contributed by atoms with Crippen molar-refractivity contribution in [3.8, 4) is 0 Å². The normalized spacial score (nSPS) is 23.2. The molecule has 3 rings (SSSR count). The summed E-state index contributed by atoms with van der Waals surface area (Å²) in [6, 6.07) is 9.18. The minimum absolute atomic E-state index is 0.0114. The predicted octanol–water partition coefficient (Wildman–Crippen LogP) is 2.12. The van der Waals surface area contributed by atoms with E-state index in [0.29, 0.717) is 31.9 Å². The molecule has 0 spiro atoms. The molecule has 2 aliphatic heterocycles. The average Bonchev–Trinajstić information content (AvgIpc) is 3.17. The first kappa shape index (κ1) is 20.8. The van der Waals surface area contributed by atoms with Crippen LogP contribution in [0, 0.1) is 5.92 Å². The van der Waals surface area contributed by atoms with Gasteiger partial charge in [0, 0.05) is 26.2 Å². The van der Waals surface area contributed by atoms with Crippen LogP contribution in [0.3, 0.4) is 0 Å². The van der Waals surface area contributed by atoms with Crippen LogP contribution in [-0.2, 0) is 25.5 Å². The van der Waals surface area contributed by atoms with Crippen LogP contribution in [0.15, 0.2) is 30.3 Å². The van der Waals surface area contributed by atoms with E-state index in [9.17, 15) is 9.59 Å². The Kier molecular flexibility index (Phi) is 7.45. The third-order valence-corrected chi connectivity index (χ3v) is 5.30. The Balaban J connectivity index is 1.48. The van der Waals surface area contributed by atoms with Crippen LogP contribution in [0.2, 0.25) is 0 Å². The summed E-state index contributed by atoms with van der Waals surface area (Å²) in [6.07, 6.45) is 1.74. The first-order valence-corrected chi connectivity index (χ1v) is 10.4. The fourth-order valence-corrected chi connectivity index (χ4v) is 4.02. The van der Waals surface area contributed by atoms with Crippen LogP contribution in [-0.4, -0.2) is 73.2 Å². The molecule has 0 saturated carbocycles. The number of carbonyl (C=O) groups excluding carboxylic acids is 2. The van der Waals surface area contributed by atoms with E-state index in [1.54, 1.807) is 4.90 Å². The van der Waals surface area contributed by atoms with E-state index >= 15 is 0 Å². The van der Waals surface area contributed by atoms with Crippen molar-refractivity contribution in [3.05, 3.63) is 35.9 Å². The van der Waals surface area contributed by atoms with Gasteiger partial charge < -0.3 is 14.4 Å². The molecule has 0 aliphatic carbocycles. The smallest absolute Gasteiger partial charge is 0.328 e. The zero-order valence-electron chi connectivity index (χ0n) is 17.0. The lowest BCUT2D eigenvalue weighted by atomic mass is 10.1. The SMILES string of the molecule is CC(C)CN1CCOC(COC(=O)C2CCCN2C(=O)Cc2ccccc2)C1. The number of morpholine rings is 1. The quantitative estimate of drug-likeness (QED) is 0.670. The largest absolute Gasteiger partial charge is 0.461 e. The van der Waals surface area contributed by atoms with Gasteiger partial charge in [0.2, 0.25) is 5.91 Å². The zero-order chi connectivity index (χ0) is 19.9. The van der Waals surface area contributed by atoms with Crippen LogP contribution in [0.25, 0.3) is 0 Å². The molecule has 2 fully saturated rings. The number of hydrogen-bond donors (Lipinski definition) is 0. The molecule has 2 heterocycles. The van der Waals surface area contributed by atoms with Gasteiger partial charge in [0.05, 0.1) is 13.0 Å². The third-order valence-electron chi connectivity index (χ3n) is 5.30.